The molecular weight excluding hydrogens is 280 g/mol. The highest BCUT2D eigenvalue weighted by Crippen LogP contribution is 2.32. The van der Waals surface area contributed by atoms with Crippen molar-refractivity contribution in [1.29, 1.82) is 0 Å². The summed E-state index contributed by atoms with van der Waals surface area (Å²) in [5.74, 6) is -0.262. The molecule has 1 aliphatic carbocycles. The zero-order chi connectivity index (χ0) is 16.0. The summed E-state index contributed by atoms with van der Waals surface area (Å²) >= 11 is 0. The molecule has 0 radical (unpaired) electrons. The van der Waals surface area contributed by atoms with Gasteiger partial charge in [0.1, 0.15) is 5.60 Å². The normalized spacial score (nSPS) is 21.2. The van der Waals surface area contributed by atoms with Gasteiger partial charge >= 0.3 is 5.97 Å². The minimum atomic E-state index is -0.435. The van der Waals surface area contributed by atoms with Gasteiger partial charge in [-0.25, -0.2) is 0 Å². The molecule has 0 heterocycles. The Balaban J connectivity index is 1.60. The fourth-order valence-electron chi connectivity index (χ4n) is 2.34. The Hall–Kier alpha value is -1.39. The summed E-state index contributed by atoms with van der Waals surface area (Å²) in [6, 6.07) is 10.0. The molecule has 1 aromatic rings. The number of hydrogen-bond acceptors (Lipinski definition) is 4. The van der Waals surface area contributed by atoms with Crippen molar-refractivity contribution >= 4 is 5.97 Å². The summed E-state index contributed by atoms with van der Waals surface area (Å²) in [6.07, 6.45) is 1.75. The van der Waals surface area contributed by atoms with Gasteiger partial charge in [-0.2, -0.15) is 0 Å². The molecule has 1 saturated carbocycles. The number of esters is 1. The number of carbonyl (C=O) groups is 1. The van der Waals surface area contributed by atoms with Crippen LogP contribution in [0.2, 0.25) is 0 Å². The van der Waals surface area contributed by atoms with E-state index in [1.165, 1.54) is 0 Å². The standard InChI is InChI=1S/C18H26O4/c1-18(2,3)22-17(19)15-9-10-16(15)21-12-11-20-13-14-7-5-4-6-8-14/h4-8,15-16H,9-13H2,1-3H3. The van der Waals surface area contributed by atoms with Crippen LogP contribution in [0, 0.1) is 5.92 Å². The maximum absolute atomic E-state index is 12.0. The predicted octanol–water partition coefficient (Wildman–Crippen LogP) is 3.34. The highest BCUT2D eigenvalue weighted by molar-refractivity contribution is 5.74. The predicted molar refractivity (Wildman–Crippen MR) is 84.4 cm³/mol. The molecule has 1 aliphatic rings. The van der Waals surface area contributed by atoms with Crippen molar-refractivity contribution in [2.75, 3.05) is 13.2 Å². The van der Waals surface area contributed by atoms with E-state index in [1.54, 1.807) is 0 Å². The van der Waals surface area contributed by atoms with Crippen molar-refractivity contribution in [3.8, 4) is 0 Å². The molecule has 4 nitrogen and oxygen atoms in total. The summed E-state index contributed by atoms with van der Waals surface area (Å²) in [5, 5.41) is 0. The zero-order valence-electron chi connectivity index (χ0n) is 13.7. The van der Waals surface area contributed by atoms with E-state index in [1.807, 2.05) is 51.1 Å². The van der Waals surface area contributed by atoms with Crippen molar-refractivity contribution in [2.45, 2.75) is 51.9 Å². The molecule has 1 fully saturated rings. The lowest BCUT2D eigenvalue weighted by Gasteiger charge is -2.36. The molecule has 0 aromatic heterocycles. The largest absolute Gasteiger partial charge is 0.460 e. The average molecular weight is 306 g/mol. The van der Waals surface area contributed by atoms with E-state index in [4.69, 9.17) is 14.2 Å². The minimum Gasteiger partial charge on any atom is -0.460 e. The SMILES string of the molecule is CC(C)(C)OC(=O)C1CCC1OCCOCc1ccccc1. The number of carbonyl (C=O) groups excluding carboxylic acids is 1. The smallest absolute Gasteiger partial charge is 0.312 e. The van der Waals surface area contributed by atoms with Gasteiger partial charge < -0.3 is 14.2 Å². The van der Waals surface area contributed by atoms with Gasteiger partial charge in [0.25, 0.3) is 0 Å². The molecule has 0 N–H and O–H groups in total. The molecule has 0 saturated heterocycles. The van der Waals surface area contributed by atoms with Gasteiger partial charge in [0, 0.05) is 0 Å². The second kappa shape index (κ2) is 7.75. The lowest BCUT2D eigenvalue weighted by Crippen LogP contribution is -2.43. The van der Waals surface area contributed by atoms with E-state index >= 15 is 0 Å². The molecule has 122 valence electrons. The highest BCUT2D eigenvalue weighted by Gasteiger charge is 2.39. The van der Waals surface area contributed by atoms with E-state index < -0.39 is 5.60 Å². The molecule has 2 atom stereocenters. The van der Waals surface area contributed by atoms with Crippen LogP contribution in [0.4, 0.5) is 0 Å². The highest BCUT2D eigenvalue weighted by atomic mass is 16.6. The number of rotatable bonds is 7. The van der Waals surface area contributed by atoms with Crippen molar-refractivity contribution in [1.82, 2.24) is 0 Å². The van der Waals surface area contributed by atoms with Crippen molar-refractivity contribution in [2.24, 2.45) is 5.92 Å². The first-order valence-corrected chi connectivity index (χ1v) is 7.92. The Morgan fingerprint density at radius 2 is 1.86 bits per heavy atom. The lowest BCUT2D eigenvalue weighted by atomic mass is 9.82. The molecule has 0 amide bonds. The molecule has 4 heteroatoms. The molecule has 2 unspecified atom stereocenters. The Bertz CT molecular complexity index is 464. The summed E-state index contributed by atoms with van der Waals surface area (Å²) in [6.45, 7) is 7.29. The fourth-order valence-corrected chi connectivity index (χ4v) is 2.34. The van der Waals surface area contributed by atoms with Gasteiger partial charge in [-0.05, 0) is 39.2 Å². The number of benzene rings is 1. The second-order valence-electron chi connectivity index (χ2n) is 6.66. The second-order valence-corrected chi connectivity index (χ2v) is 6.66. The summed E-state index contributed by atoms with van der Waals surface area (Å²) in [5.41, 5.74) is 0.716. The molecular formula is C18H26O4. The lowest BCUT2D eigenvalue weighted by molar-refractivity contribution is -0.174. The Morgan fingerprint density at radius 3 is 2.45 bits per heavy atom. The van der Waals surface area contributed by atoms with Crippen LogP contribution in [-0.4, -0.2) is 30.9 Å². The van der Waals surface area contributed by atoms with Crippen molar-refractivity contribution < 1.29 is 19.0 Å². The van der Waals surface area contributed by atoms with Gasteiger partial charge in [-0.15, -0.1) is 0 Å². The van der Waals surface area contributed by atoms with Crippen molar-refractivity contribution in [3.05, 3.63) is 35.9 Å². The zero-order valence-corrected chi connectivity index (χ0v) is 13.7. The first kappa shape index (κ1) is 17.0. The van der Waals surface area contributed by atoms with E-state index in [0.717, 1.165) is 18.4 Å². The van der Waals surface area contributed by atoms with Crippen LogP contribution in [0.15, 0.2) is 30.3 Å². The monoisotopic (exact) mass is 306 g/mol. The van der Waals surface area contributed by atoms with Crippen LogP contribution in [0.25, 0.3) is 0 Å². The van der Waals surface area contributed by atoms with E-state index in [2.05, 4.69) is 0 Å². The van der Waals surface area contributed by atoms with Crippen LogP contribution in [0.3, 0.4) is 0 Å². The Labute approximate surface area is 132 Å². The van der Waals surface area contributed by atoms with Gasteiger partial charge in [0.15, 0.2) is 0 Å². The third-order valence-corrected chi connectivity index (χ3v) is 3.59. The quantitative estimate of drug-likeness (QED) is 0.572. The summed E-state index contributed by atoms with van der Waals surface area (Å²) in [4.78, 5) is 12.0. The first-order valence-electron chi connectivity index (χ1n) is 7.92. The van der Waals surface area contributed by atoms with Crippen LogP contribution >= 0.6 is 0 Å². The van der Waals surface area contributed by atoms with Crippen LogP contribution in [0.1, 0.15) is 39.2 Å². The number of hydrogen-bond donors (Lipinski definition) is 0. The van der Waals surface area contributed by atoms with Gasteiger partial charge in [0.2, 0.25) is 0 Å². The number of ether oxygens (including phenoxy) is 3. The topological polar surface area (TPSA) is 44.8 Å². The van der Waals surface area contributed by atoms with E-state index in [9.17, 15) is 4.79 Å². The first-order chi connectivity index (χ1) is 10.5. The van der Waals surface area contributed by atoms with Gasteiger partial charge in [-0.3, -0.25) is 4.79 Å². The maximum atomic E-state index is 12.0. The van der Waals surface area contributed by atoms with E-state index in [-0.39, 0.29) is 18.0 Å². The average Bonchev–Trinajstić information content (AvgIpc) is 2.40. The summed E-state index contributed by atoms with van der Waals surface area (Å²) in [7, 11) is 0. The Kier molecular flexibility index (Phi) is 5.98. The molecule has 2 rings (SSSR count). The van der Waals surface area contributed by atoms with Gasteiger partial charge in [0.05, 0.1) is 31.8 Å². The van der Waals surface area contributed by atoms with Crippen LogP contribution < -0.4 is 0 Å². The summed E-state index contributed by atoms with van der Waals surface area (Å²) < 4.78 is 16.7. The third kappa shape index (κ3) is 5.43. The van der Waals surface area contributed by atoms with E-state index in [0.29, 0.717) is 19.8 Å². The fraction of sp³-hybridized carbons (Fsp3) is 0.611. The third-order valence-electron chi connectivity index (χ3n) is 3.59. The Morgan fingerprint density at radius 1 is 1.14 bits per heavy atom. The molecule has 22 heavy (non-hydrogen) atoms. The minimum absolute atomic E-state index is 0.0184. The molecule has 0 aliphatic heterocycles. The van der Waals surface area contributed by atoms with Crippen LogP contribution in [0.5, 0.6) is 0 Å². The molecule has 0 spiro atoms. The molecule has 1 aromatic carbocycles. The molecule has 0 bridgehead atoms. The maximum Gasteiger partial charge on any atom is 0.312 e. The van der Waals surface area contributed by atoms with Crippen molar-refractivity contribution in [3.63, 3.8) is 0 Å². The van der Waals surface area contributed by atoms with Crippen LogP contribution in [-0.2, 0) is 25.6 Å². The van der Waals surface area contributed by atoms with Gasteiger partial charge in [-0.1, -0.05) is 30.3 Å².